The number of anilines is 1. The second-order valence-electron chi connectivity index (χ2n) is 6.39. The lowest BCUT2D eigenvalue weighted by molar-refractivity contribution is 0.171. The van der Waals surface area contributed by atoms with Crippen LogP contribution in [0.15, 0.2) is 42.5 Å². The van der Waals surface area contributed by atoms with Gasteiger partial charge in [0.2, 0.25) is 0 Å². The molecule has 1 fully saturated rings. The van der Waals surface area contributed by atoms with E-state index in [9.17, 15) is 0 Å². The number of ether oxygens (including phenoxy) is 2. The van der Waals surface area contributed by atoms with Crippen LogP contribution in [0.3, 0.4) is 0 Å². The molecule has 1 saturated heterocycles. The van der Waals surface area contributed by atoms with Gasteiger partial charge in [-0.15, -0.1) is 0 Å². The van der Waals surface area contributed by atoms with E-state index in [1.54, 1.807) is 0 Å². The Hall–Kier alpha value is -2.20. The molecule has 0 aromatic heterocycles. The molecule has 23 heavy (non-hydrogen) atoms. The van der Waals surface area contributed by atoms with Gasteiger partial charge in [-0.05, 0) is 30.2 Å². The molecule has 0 aliphatic carbocycles. The summed E-state index contributed by atoms with van der Waals surface area (Å²) >= 11 is 0. The van der Waals surface area contributed by atoms with E-state index >= 15 is 0 Å². The van der Waals surface area contributed by atoms with E-state index in [1.165, 1.54) is 16.8 Å². The average molecular weight is 310 g/mol. The van der Waals surface area contributed by atoms with Gasteiger partial charge in [0.05, 0.1) is 0 Å². The maximum Gasteiger partial charge on any atom is 0.163 e. The second kappa shape index (κ2) is 5.78. The van der Waals surface area contributed by atoms with Crippen molar-refractivity contribution in [3.63, 3.8) is 0 Å². The summed E-state index contributed by atoms with van der Waals surface area (Å²) in [4.78, 5) is 2.38. The Kier molecular flexibility index (Phi) is 3.62. The summed E-state index contributed by atoms with van der Waals surface area (Å²) in [7, 11) is 0. The molecule has 120 valence electrons. The zero-order chi connectivity index (χ0) is 15.8. The number of hydrogen-bond acceptors (Lipinski definition) is 4. The van der Waals surface area contributed by atoms with Crippen LogP contribution in [0.1, 0.15) is 30.0 Å². The first-order valence-corrected chi connectivity index (χ1v) is 8.21. The van der Waals surface area contributed by atoms with Crippen molar-refractivity contribution in [2.75, 3.05) is 31.2 Å². The van der Waals surface area contributed by atoms with Gasteiger partial charge in [0.1, 0.15) is 13.2 Å². The van der Waals surface area contributed by atoms with E-state index in [1.807, 2.05) is 13.0 Å². The van der Waals surface area contributed by atoms with Crippen LogP contribution in [0.25, 0.3) is 0 Å². The standard InChI is InChI=1S/C19H22N2O2/c1-13(20)14-2-4-15(5-3-14)16-11-21(12-16)17-6-7-18-19(10-17)23-9-8-22-18/h2-7,10,13,16H,8-9,11-12,20H2,1H3. The quantitative estimate of drug-likeness (QED) is 0.946. The first-order valence-electron chi connectivity index (χ1n) is 8.21. The first-order chi connectivity index (χ1) is 11.2. The van der Waals surface area contributed by atoms with Crippen molar-refractivity contribution in [1.29, 1.82) is 0 Å². The van der Waals surface area contributed by atoms with Gasteiger partial charge in [0.25, 0.3) is 0 Å². The summed E-state index contributed by atoms with van der Waals surface area (Å²) in [5, 5.41) is 0. The molecule has 2 aliphatic heterocycles. The van der Waals surface area contributed by atoms with Crippen molar-refractivity contribution in [2.45, 2.75) is 18.9 Å². The molecule has 0 bridgehead atoms. The summed E-state index contributed by atoms with van der Waals surface area (Å²) in [6.07, 6.45) is 0. The molecule has 1 atom stereocenters. The molecule has 0 saturated carbocycles. The molecule has 2 aliphatic rings. The van der Waals surface area contributed by atoms with Gasteiger partial charge in [-0.2, -0.15) is 0 Å². The number of hydrogen-bond donors (Lipinski definition) is 1. The van der Waals surface area contributed by atoms with E-state index < -0.39 is 0 Å². The van der Waals surface area contributed by atoms with Crippen LogP contribution in [-0.2, 0) is 0 Å². The zero-order valence-electron chi connectivity index (χ0n) is 13.4. The lowest BCUT2D eigenvalue weighted by Crippen LogP contribution is -2.45. The Morgan fingerprint density at radius 2 is 1.70 bits per heavy atom. The van der Waals surface area contributed by atoms with Crippen LogP contribution in [0.2, 0.25) is 0 Å². The molecule has 0 spiro atoms. The van der Waals surface area contributed by atoms with Crippen molar-refractivity contribution >= 4 is 5.69 Å². The van der Waals surface area contributed by atoms with E-state index in [4.69, 9.17) is 15.2 Å². The minimum atomic E-state index is 0.0969. The summed E-state index contributed by atoms with van der Waals surface area (Å²) in [5.74, 6) is 2.30. The zero-order valence-corrected chi connectivity index (χ0v) is 13.4. The monoisotopic (exact) mass is 310 g/mol. The third-order valence-corrected chi connectivity index (χ3v) is 4.71. The van der Waals surface area contributed by atoms with Crippen molar-refractivity contribution in [2.24, 2.45) is 5.73 Å². The van der Waals surface area contributed by atoms with Crippen LogP contribution in [0, 0.1) is 0 Å². The lowest BCUT2D eigenvalue weighted by Gasteiger charge is -2.41. The first kappa shape index (κ1) is 14.4. The third-order valence-electron chi connectivity index (χ3n) is 4.71. The highest BCUT2D eigenvalue weighted by atomic mass is 16.6. The molecular weight excluding hydrogens is 288 g/mol. The fourth-order valence-corrected chi connectivity index (χ4v) is 3.20. The maximum absolute atomic E-state index is 5.91. The lowest BCUT2D eigenvalue weighted by atomic mass is 9.90. The Labute approximate surface area is 136 Å². The molecule has 2 aromatic carbocycles. The molecule has 2 aromatic rings. The van der Waals surface area contributed by atoms with Crippen LogP contribution < -0.4 is 20.1 Å². The molecule has 1 unspecified atom stereocenters. The predicted molar refractivity (Wildman–Crippen MR) is 91.4 cm³/mol. The summed E-state index contributed by atoms with van der Waals surface area (Å²) in [6, 6.07) is 15.0. The summed E-state index contributed by atoms with van der Waals surface area (Å²) < 4.78 is 11.2. The molecule has 0 amide bonds. The summed E-state index contributed by atoms with van der Waals surface area (Å²) in [5.41, 5.74) is 9.70. The van der Waals surface area contributed by atoms with Gasteiger partial charge < -0.3 is 20.1 Å². The number of rotatable bonds is 3. The Balaban J connectivity index is 1.43. The summed E-state index contributed by atoms with van der Waals surface area (Å²) in [6.45, 7) is 5.36. The fourth-order valence-electron chi connectivity index (χ4n) is 3.20. The van der Waals surface area contributed by atoms with E-state index in [2.05, 4.69) is 41.3 Å². The van der Waals surface area contributed by atoms with Crippen LogP contribution in [0.4, 0.5) is 5.69 Å². The predicted octanol–water partition coefficient (Wildman–Crippen LogP) is 3.08. The number of benzene rings is 2. The maximum atomic E-state index is 5.91. The van der Waals surface area contributed by atoms with Crippen LogP contribution in [0.5, 0.6) is 11.5 Å². The highest BCUT2D eigenvalue weighted by Gasteiger charge is 2.29. The van der Waals surface area contributed by atoms with Gasteiger partial charge in [-0.1, -0.05) is 24.3 Å². The molecule has 4 rings (SSSR count). The van der Waals surface area contributed by atoms with Gasteiger partial charge in [-0.3, -0.25) is 0 Å². The van der Waals surface area contributed by atoms with Gasteiger partial charge in [-0.25, -0.2) is 0 Å². The molecule has 2 heterocycles. The van der Waals surface area contributed by atoms with E-state index in [0.29, 0.717) is 19.1 Å². The smallest absolute Gasteiger partial charge is 0.163 e. The average Bonchev–Trinajstić information content (AvgIpc) is 2.54. The normalized spacial score (nSPS) is 18.4. The minimum absolute atomic E-state index is 0.0969. The van der Waals surface area contributed by atoms with Crippen molar-refractivity contribution in [3.8, 4) is 11.5 Å². The third kappa shape index (κ3) is 2.75. The van der Waals surface area contributed by atoms with Crippen molar-refractivity contribution in [1.82, 2.24) is 0 Å². The second-order valence-corrected chi connectivity index (χ2v) is 6.39. The van der Waals surface area contributed by atoms with Gasteiger partial charge >= 0.3 is 0 Å². The molecule has 4 nitrogen and oxygen atoms in total. The van der Waals surface area contributed by atoms with Crippen molar-refractivity contribution < 1.29 is 9.47 Å². The van der Waals surface area contributed by atoms with Crippen molar-refractivity contribution in [3.05, 3.63) is 53.6 Å². The molecule has 0 radical (unpaired) electrons. The largest absolute Gasteiger partial charge is 0.486 e. The Bertz CT molecular complexity index is 691. The fraction of sp³-hybridized carbons (Fsp3) is 0.368. The highest BCUT2D eigenvalue weighted by molar-refractivity contribution is 5.59. The topological polar surface area (TPSA) is 47.7 Å². The number of nitrogens with two attached hydrogens (primary N) is 1. The SMILES string of the molecule is CC(N)c1ccc(C2CN(c3ccc4c(c3)OCCO4)C2)cc1. The van der Waals surface area contributed by atoms with Gasteiger partial charge in [0.15, 0.2) is 11.5 Å². The number of nitrogens with zero attached hydrogens (tertiary/aromatic N) is 1. The Morgan fingerprint density at radius 3 is 2.39 bits per heavy atom. The minimum Gasteiger partial charge on any atom is -0.486 e. The van der Waals surface area contributed by atoms with Crippen LogP contribution >= 0.6 is 0 Å². The van der Waals surface area contributed by atoms with Crippen LogP contribution in [-0.4, -0.2) is 26.3 Å². The molecule has 4 heteroatoms. The molecular formula is C19H22N2O2. The molecule has 2 N–H and O–H groups in total. The van der Waals surface area contributed by atoms with Gasteiger partial charge in [0, 0.05) is 36.8 Å². The number of fused-ring (bicyclic) bond motifs is 1. The van der Waals surface area contributed by atoms with E-state index in [0.717, 1.165) is 24.6 Å². The van der Waals surface area contributed by atoms with E-state index in [-0.39, 0.29) is 6.04 Å². The Morgan fingerprint density at radius 1 is 1.00 bits per heavy atom. The highest BCUT2D eigenvalue weighted by Crippen LogP contribution is 2.38.